The van der Waals surface area contributed by atoms with Crippen LogP contribution in [0, 0.1) is 23.0 Å². The summed E-state index contributed by atoms with van der Waals surface area (Å²) in [6.45, 7) is 1.91. The van der Waals surface area contributed by atoms with E-state index < -0.39 is 17.7 Å². The van der Waals surface area contributed by atoms with Gasteiger partial charge in [-0.2, -0.15) is 5.26 Å². The van der Waals surface area contributed by atoms with Crippen molar-refractivity contribution in [3.05, 3.63) is 105 Å². The van der Waals surface area contributed by atoms with Crippen LogP contribution in [0.2, 0.25) is 10.0 Å². The maximum atomic E-state index is 14.0. The molecule has 5 aromatic rings. The number of hydrogen-bond acceptors (Lipinski definition) is 8. The second kappa shape index (κ2) is 13.8. The van der Waals surface area contributed by atoms with Crippen molar-refractivity contribution in [2.24, 2.45) is 0 Å². The molecule has 0 spiro atoms. The van der Waals surface area contributed by atoms with Crippen molar-refractivity contribution < 1.29 is 18.3 Å². The van der Waals surface area contributed by atoms with Crippen LogP contribution in [0.3, 0.4) is 0 Å². The molecule has 0 saturated heterocycles. The highest BCUT2D eigenvalue weighted by molar-refractivity contribution is 6.36. The fraction of sp³-hybridized carbons (Fsp3) is 0.200. The minimum Gasteiger partial charge on any atom is -0.382 e. The van der Waals surface area contributed by atoms with Crippen molar-refractivity contribution in [1.29, 1.82) is 5.26 Å². The van der Waals surface area contributed by atoms with E-state index in [4.69, 9.17) is 32.7 Å². The molecule has 9 nitrogen and oxygen atoms in total. The third-order valence-corrected chi connectivity index (χ3v) is 7.04. The number of ether oxygens (including phenoxy) is 2. The van der Waals surface area contributed by atoms with Crippen LogP contribution in [0.1, 0.15) is 22.9 Å². The first-order valence-electron chi connectivity index (χ1n) is 13.1. The maximum absolute atomic E-state index is 14.0. The summed E-state index contributed by atoms with van der Waals surface area (Å²) in [5.41, 5.74) is 3.26. The van der Waals surface area contributed by atoms with Gasteiger partial charge in [0, 0.05) is 41.2 Å². The molecule has 0 saturated carbocycles. The molecular weight excluding hydrogens is 599 g/mol. The third-order valence-electron chi connectivity index (χ3n) is 6.50. The molecule has 43 heavy (non-hydrogen) atoms. The lowest BCUT2D eigenvalue weighted by Gasteiger charge is -2.20. The van der Waals surface area contributed by atoms with Gasteiger partial charge in [0.1, 0.15) is 11.8 Å². The summed E-state index contributed by atoms with van der Waals surface area (Å²) in [4.78, 5) is 4.37. The number of anilines is 3. The molecule has 2 aromatic heterocycles. The number of hydrogen-bond donors (Lipinski definition) is 2. The van der Waals surface area contributed by atoms with Crippen LogP contribution in [0.5, 0.6) is 0 Å². The normalized spacial score (nSPS) is 11.8. The van der Waals surface area contributed by atoms with Crippen molar-refractivity contribution in [2.45, 2.75) is 12.6 Å². The van der Waals surface area contributed by atoms with Gasteiger partial charge < -0.3 is 20.1 Å². The SMILES string of the molecule is COCCOCCn1cc(C(Nc2cc(Cl)c3ncc(C#N)c(Nc4ccc(F)c(F)c4)c3c2)c2ccc(Cl)cc2)nn1. The first kappa shape index (κ1) is 30.1. The lowest BCUT2D eigenvalue weighted by Crippen LogP contribution is -2.13. The maximum Gasteiger partial charge on any atom is 0.160 e. The molecule has 13 heteroatoms. The summed E-state index contributed by atoms with van der Waals surface area (Å²) < 4.78 is 39.7. The highest BCUT2D eigenvalue weighted by atomic mass is 35.5. The average molecular weight is 624 g/mol. The van der Waals surface area contributed by atoms with E-state index in [-0.39, 0.29) is 11.3 Å². The van der Waals surface area contributed by atoms with Gasteiger partial charge in [0.25, 0.3) is 0 Å². The predicted octanol–water partition coefficient (Wildman–Crippen LogP) is 6.89. The number of aromatic nitrogens is 4. The predicted molar refractivity (Wildman–Crippen MR) is 161 cm³/mol. The molecule has 0 fully saturated rings. The molecule has 0 aliphatic rings. The average Bonchev–Trinajstić information content (AvgIpc) is 3.47. The van der Waals surface area contributed by atoms with Crippen LogP contribution in [0.15, 0.2) is 67.0 Å². The van der Waals surface area contributed by atoms with Gasteiger partial charge in [-0.05, 0) is 42.0 Å². The lowest BCUT2D eigenvalue weighted by molar-refractivity contribution is 0.0652. The van der Waals surface area contributed by atoms with E-state index in [9.17, 15) is 14.0 Å². The number of halogens is 4. The van der Waals surface area contributed by atoms with Crippen LogP contribution in [-0.4, -0.2) is 46.9 Å². The van der Waals surface area contributed by atoms with Gasteiger partial charge in [0.15, 0.2) is 11.6 Å². The largest absolute Gasteiger partial charge is 0.382 e. The van der Waals surface area contributed by atoms with Gasteiger partial charge in [-0.15, -0.1) is 5.10 Å². The van der Waals surface area contributed by atoms with Crippen molar-refractivity contribution in [2.75, 3.05) is 37.6 Å². The second-order valence-electron chi connectivity index (χ2n) is 9.41. The number of methoxy groups -OCH3 is 1. The summed E-state index contributed by atoms with van der Waals surface area (Å²) in [7, 11) is 1.61. The molecule has 3 aromatic carbocycles. The summed E-state index contributed by atoms with van der Waals surface area (Å²) in [6, 6.07) is 15.8. The smallest absolute Gasteiger partial charge is 0.160 e. The zero-order chi connectivity index (χ0) is 30.3. The summed E-state index contributed by atoms with van der Waals surface area (Å²) in [5.74, 6) is -2.01. The van der Waals surface area contributed by atoms with Crippen molar-refractivity contribution in [3.63, 3.8) is 0 Å². The Balaban J connectivity index is 1.51. The Bertz CT molecular complexity index is 1780. The number of nitriles is 1. The molecule has 0 bridgehead atoms. The molecule has 0 amide bonds. The number of nitrogens with one attached hydrogen (secondary N) is 2. The monoisotopic (exact) mass is 623 g/mol. The van der Waals surface area contributed by atoms with Gasteiger partial charge >= 0.3 is 0 Å². The van der Waals surface area contributed by atoms with E-state index in [0.29, 0.717) is 64.4 Å². The van der Waals surface area contributed by atoms with E-state index >= 15 is 0 Å². The fourth-order valence-electron chi connectivity index (χ4n) is 4.39. The minimum atomic E-state index is -1.03. The van der Waals surface area contributed by atoms with Crippen molar-refractivity contribution in [1.82, 2.24) is 20.0 Å². The summed E-state index contributed by atoms with van der Waals surface area (Å²) in [5, 5.41) is 26.3. The quantitative estimate of drug-likeness (QED) is 0.145. The first-order valence-corrected chi connectivity index (χ1v) is 13.8. The van der Waals surface area contributed by atoms with Crippen LogP contribution >= 0.6 is 23.2 Å². The van der Waals surface area contributed by atoms with Gasteiger partial charge in [0.05, 0.1) is 60.4 Å². The highest BCUT2D eigenvalue weighted by Gasteiger charge is 2.20. The zero-order valence-corrected chi connectivity index (χ0v) is 24.3. The zero-order valence-electron chi connectivity index (χ0n) is 22.8. The lowest BCUT2D eigenvalue weighted by atomic mass is 10.0. The van der Waals surface area contributed by atoms with E-state index in [1.807, 2.05) is 18.3 Å². The molecule has 2 heterocycles. The number of nitrogens with zero attached hydrogens (tertiary/aromatic N) is 5. The molecule has 0 aliphatic heterocycles. The Kier molecular flexibility index (Phi) is 9.64. The molecule has 5 rings (SSSR count). The molecule has 1 unspecified atom stereocenters. The first-order chi connectivity index (χ1) is 20.9. The Morgan fingerprint density at radius 1 is 1.00 bits per heavy atom. The van der Waals surface area contributed by atoms with Crippen LogP contribution < -0.4 is 10.6 Å². The van der Waals surface area contributed by atoms with E-state index in [1.165, 1.54) is 12.3 Å². The second-order valence-corrected chi connectivity index (χ2v) is 10.3. The van der Waals surface area contributed by atoms with Gasteiger partial charge in [-0.1, -0.05) is 40.5 Å². The van der Waals surface area contributed by atoms with Gasteiger partial charge in [-0.25, -0.2) is 13.5 Å². The Morgan fingerprint density at radius 2 is 1.81 bits per heavy atom. The number of fused-ring (bicyclic) bond motifs is 1. The van der Waals surface area contributed by atoms with Gasteiger partial charge in [-0.3, -0.25) is 4.98 Å². The molecule has 1 atom stereocenters. The Hall–Kier alpha value is -4.34. The molecule has 220 valence electrons. The van der Waals surface area contributed by atoms with E-state index in [0.717, 1.165) is 17.7 Å². The summed E-state index contributed by atoms with van der Waals surface area (Å²) in [6.07, 6.45) is 3.19. The number of benzene rings is 3. The van der Waals surface area contributed by atoms with Crippen molar-refractivity contribution in [3.8, 4) is 6.07 Å². The van der Waals surface area contributed by atoms with Crippen LogP contribution in [0.25, 0.3) is 10.9 Å². The van der Waals surface area contributed by atoms with Crippen LogP contribution in [-0.2, 0) is 16.0 Å². The van der Waals surface area contributed by atoms with E-state index in [2.05, 4.69) is 32.0 Å². The van der Waals surface area contributed by atoms with Gasteiger partial charge in [0.2, 0.25) is 0 Å². The third kappa shape index (κ3) is 7.18. The van der Waals surface area contributed by atoms with Crippen molar-refractivity contribution >= 4 is 51.2 Å². The summed E-state index contributed by atoms with van der Waals surface area (Å²) >= 11 is 12.8. The number of rotatable bonds is 12. The fourth-order valence-corrected chi connectivity index (χ4v) is 4.78. The van der Waals surface area contributed by atoms with E-state index in [1.54, 1.807) is 36.1 Å². The Labute approximate surface area is 256 Å². The molecule has 0 aliphatic carbocycles. The standard InChI is InChI=1S/C30H25Cl2F2N7O2/c1-42-10-11-43-9-8-41-17-27(39-40-41)29(18-2-4-20(31)5-3-18)38-22-12-23-28(37-21-6-7-25(33)26(34)14-21)19(15-35)16-36-30(23)24(32)13-22/h2-7,12-14,16-17,29,38H,8-11H2,1H3,(H,36,37). The number of pyridine rings is 1. The topological polar surface area (TPSA) is 110 Å². The Morgan fingerprint density at radius 3 is 2.56 bits per heavy atom. The molecular formula is C30H25Cl2F2N7O2. The van der Waals surface area contributed by atoms with Crippen LogP contribution in [0.4, 0.5) is 25.8 Å². The molecule has 0 radical (unpaired) electrons. The highest BCUT2D eigenvalue weighted by Crippen LogP contribution is 2.37. The minimum absolute atomic E-state index is 0.190. The molecule has 2 N–H and O–H groups in total.